The maximum Gasteiger partial charge on any atom is 1.00 e. The van der Waals surface area contributed by atoms with Gasteiger partial charge >= 0.3 is 51.4 Å². The van der Waals surface area contributed by atoms with Crippen LogP contribution in [-0.2, 0) is 3.83 Å². The summed E-state index contributed by atoms with van der Waals surface area (Å²) in [6, 6.07) is 3.54. The number of nitrogens with zero attached hydrogens (tertiary/aromatic N) is 2. The summed E-state index contributed by atoms with van der Waals surface area (Å²) in [5, 5.41) is 16.4. The molecule has 1 atom stereocenters. The second kappa shape index (κ2) is 10.1. The molecule has 0 saturated heterocycles. The van der Waals surface area contributed by atoms with Gasteiger partial charge in [0.15, 0.2) is 0 Å². The number of hydrogen-bond donors (Lipinski definition) is 0. The van der Waals surface area contributed by atoms with E-state index in [4.69, 9.17) is 10.5 Å². The van der Waals surface area contributed by atoms with Crippen molar-refractivity contribution in [2.24, 2.45) is 0 Å². The van der Waals surface area contributed by atoms with E-state index in [-0.39, 0.29) is 74.8 Å². The molecule has 0 rings (SSSR count). The molecule has 0 aliphatic heterocycles. The van der Waals surface area contributed by atoms with Gasteiger partial charge in [0.05, 0.1) is 12.5 Å². The molecule has 7 heteroatoms. The van der Waals surface area contributed by atoms with E-state index in [1.165, 1.54) is 0 Å². The Morgan fingerprint density at radius 2 is 1.91 bits per heavy atom. The predicted octanol–water partition coefficient (Wildman–Crippen LogP) is -4.15. The Kier molecular flexibility index (Phi) is 17.2. The van der Waals surface area contributed by atoms with Crippen molar-refractivity contribution in [3.05, 3.63) is 0 Å². The normalized spacial score (nSPS) is 12.4. The SMILES string of the molecule is N#CCC(Br)(C#N)OBr.[Br-].[K+]. The van der Waals surface area contributed by atoms with Gasteiger partial charge in [-0.2, -0.15) is 10.5 Å². The average molecular weight is 373 g/mol. The molecule has 0 N–H and O–H groups in total. The molecule has 0 bridgehead atoms. The second-order valence-electron chi connectivity index (χ2n) is 1.25. The maximum absolute atomic E-state index is 8.31. The minimum absolute atomic E-state index is 0. The molecule has 0 aromatic carbocycles. The van der Waals surface area contributed by atoms with Crippen LogP contribution in [0.1, 0.15) is 6.42 Å². The Morgan fingerprint density at radius 1 is 1.45 bits per heavy atom. The van der Waals surface area contributed by atoms with E-state index in [0.717, 1.165) is 0 Å². The zero-order valence-electron chi connectivity index (χ0n) is 5.64. The van der Waals surface area contributed by atoms with E-state index >= 15 is 0 Å². The molecule has 0 radical (unpaired) electrons. The van der Waals surface area contributed by atoms with Gasteiger partial charge in [-0.05, 0) is 15.9 Å². The van der Waals surface area contributed by atoms with Crippen molar-refractivity contribution in [3.63, 3.8) is 0 Å². The molecule has 0 aromatic heterocycles. The molecule has 0 amide bonds. The van der Waals surface area contributed by atoms with Gasteiger partial charge in [0, 0.05) is 0 Å². The summed E-state index contributed by atoms with van der Waals surface area (Å²) in [6.07, 6.45) is -0.0191. The third-order valence-electron chi connectivity index (χ3n) is 0.596. The predicted molar refractivity (Wildman–Crippen MR) is 37.5 cm³/mol. The number of nitriles is 2. The minimum atomic E-state index is -1.19. The summed E-state index contributed by atoms with van der Waals surface area (Å²) >= 11 is 5.50. The van der Waals surface area contributed by atoms with Crippen LogP contribution in [0.4, 0.5) is 0 Å². The summed E-state index contributed by atoms with van der Waals surface area (Å²) in [5.41, 5.74) is 0. The van der Waals surface area contributed by atoms with Gasteiger partial charge in [0.2, 0.25) is 4.51 Å². The van der Waals surface area contributed by atoms with Gasteiger partial charge < -0.3 is 17.0 Å². The van der Waals surface area contributed by atoms with E-state index in [1.54, 1.807) is 12.1 Å². The van der Waals surface area contributed by atoms with Gasteiger partial charge in [-0.25, -0.2) is 0 Å². The molecule has 0 aliphatic rings. The molecule has 0 saturated carbocycles. The van der Waals surface area contributed by atoms with Crippen LogP contribution in [0.3, 0.4) is 0 Å². The maximum atomic E-state index is 8.31. The molecule has 0 aromatic rings. The van der Waals surface area contributed by atoms with Crippen molar-refractivity contribution in [3.8, 4) is 12.1 Å². The van der Waals surface area contributed by atoms with Crippen LogP contribution in [0.5, 0.6) is 0 Å². The smallest absolute Gasteiger partial charge is 1.00 e. The van der Waals surface area contributed by atoms with Gasteiger partial charge in [0.1, 0.15) is 22.3 Å². The van der Waals surface area contributed by atoms with Gasteiger partial charge in [-0.15, -0.1) is 0 Å². The zero-order chi connectivity index (χ0) is 7.33. The second-order valence-corrected chi connectivity index (χ2v) is 2.86. The van der Waals surface area contributed by atoms with Crippen LogP contribution >= 0.6 is 32.2 Å². The van der Waals surface area contributed by atoms with Crippen molar-refractivity contribution >= 4 is 32.2 Å². The first kappa shape index (κ1) is 18.7. The third-order valence-corrected chi connectivity index (χ3v) is 2.20. The zero-order valence-corrected chi connectivity index (χ0v) is 13.5. The van der Waals surface area contributed by atoms with Crippen molar-refractivity contribution in [1.29, 1.82) is 10.5 Å². The van der Waals surface area contributed by atoms with Crippen molar-refractivity contribution in [1.82, 2.24) is 0 Å². The fourth-order valence-electron chi connectivity index (χ4n) is 0.186. The molecular weight excluding hydrogens is 371 g/mol. The fourth-order valence-corrected chi connectivity index (χ4v) is 0.498. The summed E-state index contributed by atoms with van der Waals surface area (Å²) < 4.78 is 3.28. The Balaban J connectivity index is -0.000000320. The summed E-state index contributed by atoms with van der Waals surface area (Å²) in [7, 11) is 0. The molecule has 3 nitrogen and oxygen atoms in total. The number of hydrogen-bond acceptors (Lipinski definition) is 3. The fraction of sp³-hybridized carbons (Fsp3) is 0.500. The topological polar surface area (TPSA) is 56.8 Å². The largest absolute Gasteiger partial charge is 1.00 e. The molecule has 11 heavy (non-hydrogen) atoms. The Bertz CT molecular complexity index is 177. The van der Waals surface area contributed by atoms with E-state index in [0.29, 0.717) is 0 Å². The van der Waals surface area contributed by atoms with Crippen LogP contribution in [-0.4, -0.2) is 4.51 Å². The minimum Gasteiger partial charge on any atom is -1.00 e. The molecule has 0 heterocycles. The van der Waals surface area contributed by atoms with Crippen molar-refractivity contribution in [2.75, 3.05) is 0 Å². The van der Waals surface area contributed by atoms with E-state index in [2.05, 4.69) is 36.0 Å². The number of alkyl halides is 1. The van der Waals surface area contributed by atoms with Crippen molar-refractivity contribution in [2.45, 2.75) is 10.9 Å². The van der Waals surface area contributed by atoms with Crippen LogP contribution < -0.4 is 68.4 Å². The standard InChI is InChI=1S/C4H2Br2N2O.BrH.K/c5-4(3-8,9-6)1-2-7;;/h1H2;1H;/q;;+1/p-1. The van der Waals surface area contributed by atoms with Crippen LogP contribution in [0.15, 0.2) is 0 Å². The average Bonchev–Trinajstić information content (AvgIpc) is 1.89. The number of rotatable bonds is 2. The third kappa shape index (κ3) is 8.35. The summed E-state index contributed by atoms with van der Waals surface area (Å²) in [6.45, 7) is 0. The van der Waals surface area contributed by atoms with Crippen LogP contribution in [0.2, 0.25) is 0 Å². The first-order valence-electron chi connectivity index (χ1n) is 1.95. The van der Waals surface area contributed by atoms with Gasteiger partial charge in [0.25, 0.3) is 0 Å². The summed E-state index contributed by atoms with van der Waals surface area (Å²) in [5.74, 6) is 0. The molecule has 0 fully saturated rings. The molecule has 0 spiro atoms. The number of halogens is 3. The molecule has 56 valence electrons. The Labute approximate surface area is 135 Å². The van der Waals surface area contributed by atoms with Crippen LogP contribution in [0.25, 0.3) is 0 Å². The van der Waals surface area contributed by atoms with Crippen LogP contribution in [0, 0.1) is 22.7 Å². The Morgan fingerprint density at radius 3 is 2.00 bits per heavy atom. The van der Waals surface area contributed by atoms with Crippen molar-refractivity contribution < 1.29 is 72.2 Å². The van der Waals surface area contributed by atoms with E-state index < -0.39 is 4.51 Å². The molecular formula is C4H2Br3KN2O. The molecule has 1 unspecified atom stereocenters. The van der Waals surface area contributed by atoms with E-state index in [9.17, 15) is 0 Å². The quantitative estimate of drug-likeness (QED) is 0.365. The monoisotopic (exact) mass is 370 g/mol. The Hall–Kier alpha value is 2.02. The van der Waals surface area contributed by atoms with Gasteiger partial charge in [-0.3, -0.25) is 3.83 Å². The van der Waals surface area contributed by atoms with Gasteiger partial charge in [-0.1, -0.05) is 0 Å². The van der Waals surface area contributed by atoms with E-state index in [1.807, 2.05) is 0 Å². The molecule has 0 aliphatic carbocycles. The first-order chi connectivity index (χ1) is 4.18. The summed E-state index contributed by atoms with van der Waals surface area (Å²) in [4.78, 5) is 0. The first-order valence-corrected chi connectivity index (χ1v) is 3.39.